The molecule has 17 heavy (non-hydrogen) atoms. The lowest BCUT2D eigenvalue weighted by molar-refractivity contribution is 0.257. The van der Waals surface area contributed by atoms with Crippen LogP contribution >= 0.6 is 0 Å². The van der Waals surface area contributed by atoms with Crippen LogP contribution in [0.15, 0.2) is 0 Å². The Labute approximate surface area is 99.1 Å². The Balaban J connectivity index is -0.000000177. The van der Waals surface area contributed by atoms with E-state index in [-0.39, 0.29) is 13.2 Å². The van der Waals surface area contributed by atoms with Crippen LogP contribution in [0.2, 0.25) is 0 Å². The van der Waals surface area contributed by atoms with Crippen molar-refractivity contribution in [2.24, 2.45) is 0 Å². The molecule has 0 saturated heterocycles. The summed E-state index contributed by atoms with van der Waals surface area (Å²) in [6, 6.07) is 0. The van der Waals surface area contributed by atoms with Crippen molar-refractivity contribution in [1.29, 1.82) is 0 Å². The van der Waals surface area contributed by atoms with Crippen molar-refractivity contribution in [3.05, 3.63) is 0 Å². The van der Waals surface area contributed by atoms with Gasteiger partial charge in [0, 0.05) is 13.2 Å². The predicted molar refractivity (Wildman–Crippen MR) is 56.4 cm³/mol. The minimum atomic E-state index is -4.67. The highest BCUT2D eigenvalue weighted by Crippen LogP contribution is 1.90. The summed E-state index contributed by atoms with van der Waals surface area (Å²) in [5.41, 5.74) is 0. The standard InChI is InChI=1S/C5H12O2.2H2O4S/c6-4-2-1-3-5-7;2*1-5(2,3)4/h6-7H,1-5H2;2*(H2,1,2,3,4). The second-order valence-electron chi connectivity index (χ2n) is 2.40. The Bertz CT molecular complexity index is 280. The van der Waals surface area contributed by atoms with Gasteiger partial charge in [0.1, 0.15) is 0 Å². The predicted octanol–water partition coefficient (Wildman–Crippen LogP) is -1.16. The lowest BCUT2D eigenvalue weighted by Crippen LogP contribution is -1.89. The molecule has 0 bridgehead atoms. The largest absolute Gasteiger partial charge is 0.396 e. The zero-order valence-electron chi connectivity index (χ0n) is 8.67. The van der Waals surface area contributed by atoms with Crippen LogP contribution in [0.5, 0.6) is 0 Å². The number of rotatable bonds is 4. The van der Waals surface area contributed by atoms with Crippen LogP contribution in [0.1, 0.15) is 19.3 Å². The number of aliphatic hydroxyl groups is 2. The van der Waals surface area contributed by atoms with Gasteiger partial charge in [-0.1, -0.05) is 0 Å². The van der Waals surface area contributed by atoms with Gasteiger partial charge in [-0.3, -0.25) is 18.2 Å². The molecule has 0 rings (SSSR count). The molecule has 12 heteroatoms. The molecule has 0 amide bonds. The van der Waals surface area contributed by atoms with Crippen molar-refractivity contribution in [2.45, 2.75) is 19.3 Å². The highest BCUT2D eigenvalue weighted by atomic mass is 32.3. The Morgan fingerprint density at radius 2 is 0.765 bits per heavy atom. The zero-order valence-corrected chi connectivity index (χ0v) is 10.3. The first-order chi connectivity index (χ1) is 7.41. The molecule has 0 aromatic heterocycles. The van der Waals surface area contributed by atoms with Crippen molar-refractivity contribution in [2.75, 3.05) is 13.2 Å². The zero-order chi connectivity index (χ0) is 14.5. The summed E-state index contributed by atoms with van der Waals surface area (Å²) >= 11 is 0. The molecule has 0 atom stereocenters. The highest BCUT2D eigenvalue weighted by Gasteiger charge is 1.85. The quantitative estimate of drug-likeness (QED) is 0.272. The van der Waals surface area contributed by atoms with Crippen LogP contribution in [0.25, 0.3) is 0 Å². The molecule has 0 aliphatic heterocycles. The van der Waals surface area contributed by atoms with Crippen molar-refractivity contribution >= 4 is 20.8 Å². The second kappa shape index (κ2) is 12.1. The molecule has 0 unspecified atom stereocenters. The summed E-state index contributed by atoms with van der Waals surface area (Å²) in [5, 5.41) is 16.4. The fourth-order valence-corrected chi connectivity index (χ4v) is 0.400. The van der Waals surface area contributed by atoms with E-state index in [2.05, 4.69) is 0 Å². The molecular formula is C5H16O10S2. The Hall–Kier alpha value is -0.340. The Morgan fingerprint density at radius 1 is 0.588 bits per heavy atom. The summed E-state index contributed by atoms with van der Waals surface area (Å²) in [6.07, 6.45) is 2.58. The minimum absolute atomic E-state index is 0.250. The van der Waals surface area contributed by atoms with Gasteiger partial charge in [-0.2, -0.15) is 16.8 Å². The Kier molecular flexibility index (Phi) is 15.6. The summed E-state index contributed by atoms with van der Waals surface area (Å²) in [7, 11) is -9.33. The molecule has 10 nitrogen and oxygen atoms in total. The van der Waals surface area contributed by atoms with E-state index in [4.69, 9.17) is 45.3 Å². The topological polar surface area (TPSA) is 190 Å². The molecule has 108 valence electrons. The first-order valence-corrected chi connectivity index (χ1v) is 6.82. The summed E-state index contributed by atoms with van der Waals surface area (Å²) in [4.78, 5) is 0. The van der Waals surface area contributed by atoms with Gasteiger partial charge in [0.2, 0.25) is 0 Å². The molecule has 0 spiro atoms. The monoisotopic (exact) mass is 300 g/mol. The van der Waals surface area contributed by atoms with Crippen molar-refractivity contribution in [3.8, 4) is 0 Å². The van der Waals surface area contributed by atoms with E-state index in [9.17, 15) is 0 Å². The molecule has 0 aliphatic carbocycles. The van der Waals surface area contributed by atoms with Crippen LogP contribution in [-0.2, 0) is 20.8 Å². The molecular weight excluding hydrogens is 284 g/mol. The van der Waals surface area contributed by atoms with Gasteiger partial charge in [0.25, 0.3) is 0 Å². The SMILES string of the molecule is O=S(=O)(O)O.O=S(=O)(O)O.OCCCCCO. The maximum absolute atomic E-state index is 8.74. The highest BCUT2D eigenvalue weighted by molar-refractivity contribution is 7.80. The smallest absolute Gasteiger partial charge is 0.394 e. The fourth-order valence-electron chi connectivity index (χ4n) is 0.400. The van der Waals surface area contributed by atoms with Gasteiger partial charge < -0.3 is 10.2 Å². The molecule has 6 N–H and O–H groups in total. The normalized spacial score (nSPS) is 10.7. The van der Waals surface area contributed by atoms with Gasteiger partial charge in [-0.25, -0.2) is 0 Å². The molecule has 0 aromatic carbocycles. The average molecular weight is 300 g/mol. The number of aliphatic hydroxyl groups excluding tert-OH is 2. The number of unbranched alkanes of at least 4 members (excludes halogenated alkanes) is 2. The van der Waals surface area contributed by atoms with Crippen LogP contribution in [0.4, 0.5) is 0 Å². The van der Waals surface area contributed by atoms with Crippen molar-refractivity contribution in [3.63, 3.8) is 0 Å². The van der Waals surface area contributed by atoms with Gasteiger partial charge >= 0.3 is 20.8 Å². The summed E-state index contributed by atoms with van der Waals surface area (Å²) in [6.45, 7) is 0.500. The van der Waals surface area contributed by atoms with Gasteiger partial charge in [0.15, 0.2) is 0 Å². The third-order valence-corrected chi connectivity index (χ3v) is 0.816. The van der Waals surface area contributed by atoms with Crippen LogP contribution in [0, 0.1) is 0 Å². The lowest BCUT2D eigenvalue weighted by Gasteiger charge is -1.90. The van der Waals surface area contributed by atoms with E-state index in [1.165, 1.54) is 0 Å². The summed E-state index contributed by atoms with van der Waals surface area (Å²) < 4.78 is 63.2. The number of hydrogen-bond acceptors (Lipinski definition) is 6. The van der Waals surface area contributed by atoms with E-state index < -0.39 is 20.8 Å². The van der Waals surface area contributed by atoms with E-state index >= 15 is 0 Å². The summed E-state index contributed by atoms with van der Waals surface area (Å²) in [5.74, 6) is 0. The van der Waals surface area contributed by atoms with E-state index in [1.54, 1.807) is 0 Å². The fraction of sp³-hybridized carbons (Fsp3) is 1.00. The molecule has 0 heterocycles. The first-order valence-electron chi connectivity index (χ1n) is 4.03. The van der Waals surface area contributed by atoms with E-state index in [0.29, 0.717) is 0 Å². The minimum Gasteiger partial charge on any atom is -0.396 e. The molecule has 0 fully saturated rings. The Morgan fingerprint density at radius 3 is 0.882 bits per heavy atom. The van der Waals surface area contributed by atoms with Crippen molar-refractivity contribution < 1.29 is 45.3 Å². The third-order valence-electron chi connectivity index (χ3n) is 0.816. The maximum Gasteiger partial charge on any atom is 0.394 e. The maximum atomic E-state index is 8.74. The van der Waals surface area contributed by atoms with Crippen LogP contribution in [-0.4, -0.2) is 58.5 Å². The second-order valence-corrected chi connectivity index (χ2v) is 4.19. The van der Waals surface area contributed by atoms with Gasteiger partial charge in [-0.05, 0) is 19.3 Å². The number of hydrogen-bond donors (Lipinski definition) is 6. The van der Waals surface area contributed by atoms with E-state index in [0.717, 1.165) is 19.3 Å². The van der Waals surface area contributed by atoms with Crippen LogP contribution in [0.3, 0.4) is 0 Å². The van der Waals surface area contributed by atoms with Gasteiger partial charge in [0.05, 0.1) is 0 Å². The average Bonchev–Trinajstić information content (AvgIpc) is 1.99. The molecule has 0 aliphatic rings. The van der Waals surface area contributed by atoms with Gasteiger partial charge in [-0.15, -0.1) is 0 Å². The lowest BCUT2D eigenvalue weighted by atomic mass is 10.2. The molecule has 0 radical (unpaired) electrons. The van der Waals surface area contributed by atoms with E-state index in [1.807, 2.05) is 0 Å². The molecule has 0 saturated carbocycles. The first kappa shape index (κ1) is 21.9. The molecule has 0 aromatic rings. The van der Waals surface area contributed by atoms with Crippen LogP contribution < -0.4 is 0 Å². The third kappa shape index (κ3) is 218. The van der Waals surface area contributed by atoms with Crippen molar-refractivity contribution in [1.82, 2.24) is 0 Å².